The van der Waals surface area contributed by atoms with Gasteiger partial charge >= 0.3 is 12.0 Å². The minimum atomic E-state index is -1.08. The SMILES string of the molecule is NC(=O)N1C(=O)/C(=C(/OC(=O)COCc2ccccc2)c2cccs2)c2cc(F)c(Cl)cc21. The Morgan fingerprint density at radius 2 is 1.88 bits per heavy atom. The number of rotatable bonds is 6. The smallest absolute Gasteiger partial charge is 0.337 e. The highest BCUT2D eigenvalue weighted by Crippen LogP contribution is 2.43. The molecule has 0 atom stereocenters. The predicted molar refractivity (Wildman–Crippen MR) is 122 cm³/mol. The zero-order valence-corrected chi connectivity index (χ0v) is 18.5. The minimum absolute atomic E-state index is 0.000618. The average molecular weight is 487 g/mol. The van der Waals surface area contributed by atoms with Gasteiger partial charge < -0.3 is 15.2 Å². The van der Waals surface area contributed by atoms with Gasteiger partial charge in [0.05, 0.1) is 27.8 Å². The minimum Gasteiger partial charge on any atom is -0.422 e. The van der Waals surface area contributed by atoms with Gasteiger partial charge in [-0.1, -0.05) is 48.0 Å². The molecule has 2 heterocycles. The summed E-state index contributed by atoms with van der Waals surface area (Å²) in [5.74, 6) is -2.58. The first-order valence-corrected chi connectivity index (χ1v) is 10.9. The molecule has 0 spiro atoms. The first-order chi connectivity index (χ1) is 15.9. The van der Waals surface area contributed by atoms with E-state index < -0.39 is 30.3 Å². The van der Waals surface area contributed by atoms with Gasteiger partial charge in [-0.05, 0) is 29.1 Å². The third-order valence-corrected chi connectivity index (χ3v) is 5.86. The number of esters is 1. The molecule has 3 aromatic rings. The highest BCUT2D eigenvalue weighted by Gasteiger charge is 2.40. The number of anilines is 1. The van der Waals surface area contributed by atoms with Crippen LogP contribution in [0.4, 0.5) is 14.9 Å². The third-order valence-electron chi connectivity index (χ3n) is 4.71. The Bertz CT molecular complexity index is 1260. The molecule has 0 saturated heterocycles. The Morgan fingerprint density at radius 3 is 2.55 bits per heavy atom. The molecule has 1 aliphatic heterocycles. The standard InChI is InChI=1S/C23H16ClFN2O5S/c24-15-10-17-14(9-16(15)25)20(22(29)27(17)23(26)30)21(18-7-4-8-33-18)32-19(28)12-31-11-13-5-2-1-3-6-13/h1-10H,11-12H2,(H2,26,30)/b21-20+. The number of primary amides is 1. The second kappa shape index (κ2) is 9.53. The normalized spacial score (nSPS) is 14.2. The van der Waals surface area contributed by atoms with Crippen LogP contribution in [0.15, 0.2) is 60.0 Å². The number of halogens is 2. The molecule has 0 saturated carbocycles. The number of nitrogens with two attached hydrogens (primary N) is 1. The molecule has 33 heavy (non-hydrogen) atoms. The van der Waals surface area contributed by atoms with Gasteiger partial charge in [0.15, 0.2) is 5.76 Å². The van der Waals surface area contributed by atoms with Crippen LogP contribution in [0.25, 0.3) is 11.3 Å². The molecule has 4 rings (SSSR count). The number of carbonyl (C=O) groups excluding carboxylic acids is 3. The summed E-state index contributed by atoms with van der Waals surface area (Å²) in [6.07, 6.45) is 0. The first kappa shape index (κ1) is 22.7. The van der Waals surface area contributed by atoms with Crippen molar-refractivity contribution in [1.82, 2.24) is 0 Å². The third kappa shape index (κ3) is 4.65. The van der Waals surface area contributed by atoms with Crippen LogP contribution in [0, 0.1) is 5.82 Å². The number of carbonyl (C=O) groups is 3. The maximum absolute atomic E-state index is 14.3. The Kier molecular flexibility index (Phi) is 6.55. The van der Waals surface area contributed by atoms with Gasteiger partial charge in [-0.2, -0.15) is 0 Å². The number of imide groups is 1. The number of ether oxygens (including phenoxy) is 2. The van der Waals surface area contributed by atoms with Crippen LogP contribution < -0.4 is 10.6 Å². The van der Waals surface area contributed by atoms with Crippen molar-refractivity contribution in [2.45, 2.75) is 6.61 Å². The number of benzene rings is 2. The maximum Gasteiger partial charge on any atom is 0.337 e. The van der Waals surface area contributed by atoms with E-state index in [-0.39, 0.29) is 34.2 Å². The van der Waals surface area contributed by atoms with Crippen LogP contribution in [0.2, 0.25) is 5.02 Å². The van der Waals surface area contributed by atoms with E-state index in [4.69, 9.17) is 26.8 Å². The lowest BCUT2D eigenvalue weighted by atomic mass is 10.0. The summed E-state index contributed by atoms with van der Waals surface area (Å²) in [5.41, 5.74) is 6.09. The number of nitrogens with zero attached hydrogens (tertiary/aromatic N) is 1. The van der Waals surface area contributed by atoms with Crippen LogP contribution in [-0.2, 0) is 25.7 Å². The van der Waals surface area contributed by atoms with E-state index in [1.54, 1.807) is 17.5 Å². The molecule has 168 valence electrons. The van der Waals surface area contributed by atoms with Gasteiger partial charge in [0, 0.05) is 5.56 Å². The molecule has 0 radical (unpaired) electrons. The number of fused-ring (bicyclic) bond motifs is 1. The molecular weight excluding hydrogens is 471 g/mol. The summed E-state index contributed by atoms with van der Waals surface area (Å²) in [5, 5.41) is 1.42. The number of hydrogen-bond donors (Lipinski definition) is 1. The highest BCUT2D eigenvalue weighted by atomic mass is 35.5. The summed E-state index contributed by atoms with van der Waals surface area (Å²) < 4.78 is 25.2. The monoisotopic (exact) mass is 486 g/mol. The van der Waals surface area contributed by atoms with E-state index in [1.165, 1.54) is 11.3 Å². The molecule has 10 heteroatoms. The Morgan fingerprint density at radius 1 is 1.12 bits per heavy atom. The van der Waals surface area contributed by atoms with Gasteiger partial charge in [0.2, 0.25) is 0 Å². The zero-order valence-electron chi connectivity index (χ0n) is 16.9. The molecule has 0 bridgehead atoms. The fraction of sp³-hybridized carbons (Fsp3) is 0.0870. The Balaban J connectivity index is 1.69. The number of amides is 3. The molecular formula is C23H16ClFN2O5S. The van der Waals surface area contributed by atoms with Crippen LogP contribution in [0.5, 0.6) is 0 Å². The molecule has 1 aliphatic rings. The maximum atomic E-state index is 14.3. The highest BCUT2D eigenvalue weighted by molar-refractivity contribution is 7.11. The van der Waals surface area contributed by atoms with Gasteiger partial charge in [-0.15, -0.1) is 11.3 Å². The molecule has 7 nitrogen and oxygen atoms in total. The van der Waals surface area contributed by atoms with Gasteiger partial charge in [-0.3, -0.25) is 4.79 Å². The Labute approximate surface area is 196 Å². The van der Waals surface area contributed by atoms with Gasteiger partial charge in [0.25, 0.3) is 5.91 Å². The molecule has 2 N–H and O–H groups in total. The first-order valence-electron chi connectivity index (χ1n) is 9.60. The van der Waals surface area contributed by atoms with Crippen molar-refractivity contribution in [2.75, 3.05) is 11.5 Å². The average Bonchev–Trinajstić information content (AvgIpc) is 3.40. The van der Waals surface area contributed by atoms with Crippen molar-refractivity contribution in [3.05, 3.63) is 86.8 Å². The number of hydrogen-bond acceptors (Lipinski definition) is 6. The fourth-order valence-corrected chi connectivity index (χ4v) is 4.17. The molecule has 1 aromatic heterocycles. The fourth-order valence-electron chi connectivity index (χ4n) is 3.30. The molecule has 0 fully saturated rings. The summed E-state index contributed by atoms with van der Waals surface area (Å²) in [7, 11) is 0. The van der Waals surface area contributed by atoms with E-state index in [0.717, 1.165) is 17.7 Å². The number of urea groups is 1. The van der Waals surface area contributed by atoms with E-state index in [1.807, 2.05) is 30.3 Å². The van der Waals surface area contributed by atoms with E-state index in [2.05, 4.69) is 0 Å². The lowest BCUT2D eigenvalue weighted by molar-refractivity contribution is -0.142. The lowest BCUT2D eigenvalue weighted by Gasteiger charge is -2.12. The van der Waals surface area contributed by atoms with Crippen molar-refractivity contribution in [3.8, 4) is 0 Å². The molecule has 0 unspecified atom stereocenters. The van der Waals surface area contributed by atoms with Crippen molar-refractivity contribution in [3.63, 3.8) is 0 Å². The van der Waals surface area contributed by atoms with Crippen LogP contribution in [0.3, 0.4) is 0 Å². The lowest BCUT2D eigenvalue weighted by Crippen LogP contribution is -2.38. The van der Waals surface area contributed by atoms with Gasteiger partial charge in [0.1, 0.15) is 12.4 Å². The summed E-state index contributed by atoms with van der Waals surface area (Å²) in [6.45, 7) is -0.214. The van der Waals surface area contributed by atoms with Crippen LogP contribution in [0.1, 0.15) is 16.0 Å². The zero-order chi connectivity index (χ0) is 23.5. The van der Waals surface area contributed by atoms with Gasteiger partial charge in [-0.25, -0.2) is 18.9 Å². The second-order valence-electron chi connectivity index (χ2n) is 6.90. The van der Waals surface area contributed by atoms with Crippen molar-refractivity contribution in [1.29, 1.82) is 0 Å². The van der Waals surface area contributed by atoms with Crippen LogP contribution in [-0.4, -0.2) is 24.5 Å². The molecule has 3 amide bonds. The Hall–Kier alpha value is -3.53. The number of thiophene rings is 1. The van der Waals surface area contributed by atoms with E-state index in [9.17, 15) is 18.8 Å². The summed E-state index contributed by atoms with van der Waals surface area (Å²) in [4.78, 5) is 38.7. The van der Waals surface area contributed by atoms with Crippen molar-refractivity contribution < 1.29 is 28.2 Å². The largest absolute Gasteiger partial charge is 0.422 e. The quantitative estimate of drug-likeness (QED) is 0.312. The van der Waals surface area contributed by atoms with Crippen LogP contribution >= 0.6 is 22.9 Å². The molecule has 2 aromatic carbocycles. The predicted octanol–water partition coefficient (Wildman–Crippen LogP) is 4.59. The molecule has 0 aliphatic carbocycles. The van der Waals surface area contributed by atoms with E-state index in [0.29, 0.717) is 9.78 Å². The second-order valence-corrected chi connectivity index (χ2v) is 8.25. The summed E-state index contributed by atoms with van der Waals surface area (Å²) in [6, 6.07) is 13.6. The van der Waals surface area contributed by atoms with Crippen molar-refractivity contribution in [2.24, 2.45) is 5.73 Å². The van der Waals surface area contributed by atoms with E-state index >= 15 is 0 Å². The topological polar surface area (TPSA) is 98.9 Å². The summed E-state index contributed by atoms with van der Waals surface area (Å²) >= 11 is 7.04. The van der Waals surface area contributed by atoms with Crippen molar-refractivity contribution >= 4 is 57.9 Å².